The van der Waals surface area contributed by atoms with Gasteiger partial charge in [0.05, 0.1) is 25.4 Å². The predicted molar refractivity (Wildman–Crippen MR) is 30.1 cm³/mol. The van der Waals surface area contributed by atoms with Gasteiger partial charge in [-0.2, -0.15) is 0 Å². The molecule has 3 atom stereocenters. The van der Waals surface area contributed by atoms with E-state index in [0.29, 0.717) is 12.7 Å². The van der Waals surface area contributed by atoms with Crippen LogP contribution in [0.3, 0.4) is 0 Å². The zero-order valence-electron chi connectivity index (χ0n) is 5.12. The first-order valence-electron chi connectivity index (χ1n) is 3.27. The van der Waals surface area contributed by atoms with Crippen LogP contribution in [0.1, 0.15) is 6.42 Å². The highest BCUT2D eigenvalue weighted by molar-refractivity contribution is 4.87. The first-order valence-corrected chi connectivity index (χ1v) is 3.27. The lowest BCUT2D eigenvalue weighted by Gasteiger charge is -1.95. The lowest BCUT2D eigenvalue weighted by atomic mass is 10.5. The molecule has 0 spiro atoms. The molecule has 0 aromatic carbocycles. The standard InChI is InChI=1S/C6H10O3/c7-5-1-6(5)9-3-4-2-8-4/h4-7H,1-3H2. The highest BCUT2D eigenvalue weighted by atomic mass is 16.6. The molecular weight excluding hydrogens is 120 g/mol. The predicted octanol–water partition coefficient (Wildman–Crippen LogP) is -0.465. The molecule has 52 valence electrons. The third-order valence-electron chi connectivity index (χ3n) is 1.60. The van der Waals surface area contributed by atoms with Crippen LogP contribution in [0, 0.1) is 0 Å². The van der Waals surface area contributed by atoms with Crippen LogP contribution in [0.5, 0.6) is 0 Å². The summed E-state index contributed by atoms with van der Waals surface area (Å²) < 4.78 is 10.1. The molecule has 1 saturated heterocycles. The van der Waals surface area contributed by atoms with Gasteiger partial charge < -0.3 is 14.6 Å². The first kappa shape index (κ1) is 5.65. The Balaban J connectivity index is 1.57. The maximum Gasteiger partial charge on any atom is 0.104 e. The number of aliphatic hydroxyl groups excluding tert-OH is 1. The molecule has 0 bridgehead atoms. The Labute approximate surface area is 53.6 Å². The molecule has 0 aromatic heterocycles. The van der Waals surface area contributed by atoms with E-state index in [0.717, 1.165) is 13.0 Å². The number of hydrogen-bond acceptors (Lipinski definition) is 3. The van der Waals surface area contributed by atoms with Gasteiger partial charge in [0, 0.05) is 6.42 Å². The summed E-state index contributed by atoms with van der Waals surface area (Å²) in [6.45, 7) is 1.50. The summed E-state index contributed by atoms with van der Waals surface area (Å²) in [5, 5.41) is 8.79. The van der Waals surface area contributed by atoms with Crippen LogP contribution >= 0.6 is 0 Å². The molecule has 2 fully saturated rings. The minimum Gasteiger partial charge on any atom is -0.390 e. The highest BCUT2D eigenvalue weighted by Gasteiger charge is 2.38. The van der Waals surface area contributed by atoms with Crippen molar-refractivity contribution in [1.29, 1.82) is 0 Å². The van der Waals surface area contributed by atoms with Crippen molar-refractivity contribution in [3.8, 4) is 0 Å². The molecule has 0 aromatic rings. The molecule has 3 heteroatoms. The van der Waals surface area contributed by atoms with E-state index in [1.165, 1.54) is 0 Å². The maximum absolute atomic E-state index is 8.79. The second kappa shape index (κ2) is 1.94. The fourth-order valence-corrected chi connectivity index (χ4v) is 0.734. The lowest BCUT2D eigenvalue weighted by molar-refractivity contribution is 0.0716. The van der Waals surface area contributed by atoms with Crippen LogP contribution in [-0.2, 0) is 9.47 Å². The van der Waals surface area contributed by atoms with E-state index in [4.69, 9.17) is 14.6 Å². The van der Waals surface area contributed by atoms with Crippen molar-refractivity contribution < 1.29 is 14.6 Å². The molecule has 1 N–H and O–H groups in total. The van der Waals surface area contributed by atoms with Crippen molar-refractivity contribution in [1.82, 2.24) is 0 Å². The molecule has 3 unspecified atom stereocenters. The van der Waals surface area contributed by atoms with E-state index < -0.39 is 0 Å². The van der Waals surface area contributed by atoms with Gasteiger partial charge in [-0.1, -0.05) is 0 Å². The first-order chi connectivity index (χ1) is 4.36. The van der Waals surface area contributed by atoms with Crippen molar-refractivity contribution in [2.24, 2.45) is 0 Å². The SMILES string of the molecule is OC1CC1OCC1CO1. The Morgan fingerprint density at radius 2 is 2.33 bits per heavy atom. The molecule has 1 saturated carbocycles. The molecule has 1 aliphatic heterocycles. The summed E-state index contributed by atoms with van der Waals surface area (Å²) in [7, 11) is 0. The van der Waals surface area contributed by atoms with Gasteiger partial charge in [0.2, 0.25) is 0 Å². The zero-order valence-corrected chi connectivity index (χ0v) is 5.12. The van der Waals surface area contributed by atoms with E-state index in [9.17, 15) is 0 Å². The normalized spacial score (nSPS) is 47.0. The molecule has 3 nitrogen and oxygen atoms in total. The van der Waals surface area contributed by atoms with E-state index in [1.54, 1.807) is 0 Å². The average molecular weight is 130 g/mol. The van der Waals surface area contributed by atoms with Crippen molar-refractivity contribution >= 4 is 0 Å². The van der Waals surface area contributed by atoms with E-state index >= 15 is 0 Å². The van der Waals surface area contributed by atoms with Gasteiger partial charge in [-0.3, -0.25) is 0 Å². The number of hydrogen-bond donors (Lipinski definition) is 1. The Morgan fingerprint density at radius 3 is 2.78 bits per heavy atom. The van der Waals surface area contributed by atoms with Gasteiger partial charge >= 0.3 is 0 Å². The molecule has 2 rings (SSSR count). The molecule has 2 aliphatic rings. The molecular formula is C6H10O3. The number of ether oxygens (including phenoxy) is 2. The second-order valence-electron chi connectivity index (χ2n) is 2.63. The third kappa shape index (κ3) is 1.41. The van der Waals surface area contributed by atoms with Gasteiger partial charge in [0.1, 0.15) is 6.10 Å². The van der Waals surface area contributed by atoms with Gasteiger partial charge in [0.15, 0.2) is 0 Å². The van der Waals surface area contributed by atoms with Crippen LogP contribution in [0.4, 0.5) is 0 Å². The zero-order chi connectivity index (χ0) is 6.27. The minimum absolute atomic E-state index is 0.120. The summed E-state index contributed by atoms with van der Waals surface area (Å²) in [6.07, 6.45) is 1.07. The summed E-state index contributed by atoms with van der Waals surface area (Å²) in [6, 6.07) is 0. The molecule has 0 radical (unpaired) electrons. The molecule has 0 amide bonds. The van der Waals surface area contributed by atoms with Gasteiger partial charge in [-0.15, -0.1) is 0 Å². The quantitative estimate of drug-likeness (QED) is 0.525. The molecule has 1 heterocycles. The van der Waals surface area contributed by atoms with Crippen LogP contribution in [0.2, 0.25) is 0 Å². The van der Waals surface area contributed by atoms with Crippen LogP contribution < -0.4 is 0 Å². The van der Waals surface area contributed by atoms with E-state index in [-0.39, 0.29) is 12.2 Å². The van der Waals surface area contributed by atoms with Crippen molar-refractivity contribution in [2.45, 2.75) is 24.7 Å². The Kier molecular flexibility index (Phi) is 1.22. The Hall–Kier alpha value is -0.120. The van der Waals surface area contributed by atoms with Crippen LogP contribution in [0.15, 0.2) is 0 Å². The summed E-state index contributed by atoms with van der Waals surface area (Å²) in [5.41, 5.74) is 0. The fraction of sp³-hybridized carbons (Fsp3) is 1.00. The van der Waals surface area contributed by atoms with Gasteiger partial charge in [0.25, 0.3) is 0 Å². The second-order valence-corrected chi connectivity index (χ2v) is 2.63. The van der Waals surface area contributed by atoms with Crippen molar-refractivity contribution in [2.75, 3.05) is 13.2 Å². The minimum atomic E-state index is -0.191. The number of aliphatic hydroxyl groups is 1. The largest absolute Gasteiger partial charge is 0.390 e. The van der Waals surface area contributed by atoms with Gasteiger partial charge in [-0.25, -0.2) is 0 Å². The van der Waals surface area contributed by atoms with Crippen LogP contribution in [-0.4, -0.2) is 36.6 Å². The summed E-state index contributed by atoms with van der Waals surface area (Å²) in [4.78, 5) is 0. The third-order valence-corrected chi connectivity index (χ3v) is 1.60. The van der Waals surface area contributed by atoms with E-state index in [2.05, 4.69) is 0 Å². The summed E-state index contributed by atoms with van der Waals surface area (Å²) in [5.74, 6) is 0. The fourth-order valence-electron chi connectivity index (χ4n) is 0.734. The highest BCUT2D eigenvalue weighted by Crippen LogP contribution is 2.25. The number of rotatable bonds is 3. The summed E-state index contributed by atoms with van der Waals surface area (Å²) >= 11 is 0. The topological polar surface area (TPSA) is 42.0 Å². The van der Waals surface area contributed by atoms with Crippen LogP contribution in [0.25, 0.3) is 0 Å². The van der Waals surface area contributed by atoms with Gasteiger partial charge in [-0.05, 0) is 0 Å². The van der Waals surface area contributed by atoms with Crippen molar-refractivity contribution in [3.05, 3.63) is 0 Å². The maximum atomic E-state index is 8.79. The monoisotopic (exact) mass is 130 g/mol. The van der Waals surface area contributed by atoms with Crippen molar-refractivity contribution in [3.63, 3.8) is 0 Å². The smallest absolute Gasteiger partial charge is 0.104 e. The number of epoxide rings is 1. The average Bonchev–Trinajstić information content (AvgIpc) is 2.60. The Morgan fingerprint density at radius 1 is 1.67 bits per heavy atom. The molecule has 9 heavy (non-hydrogen) atoms. The Bertz CT molecular complexity index is 111. The molecule has 1 aliphatic carbocycles. The lowest BCUT2D eigenvalue weighted by Crippen LogP contribution is -2.05. The van der Waals surface area contributed by atoms with E-state index in [1.807, 2.05) is 0 Å².